The summed E-state index contributed by atoms with van der Waals surface area (Å²) in [6, 6.07) is 2.08. The Morgan fingerprint density at radius 2 is 2.32 bits per heavy atom. The molecule has 1 atom stereocenters. The van der Waals surface area contributed by atoms with Crippen LogP contribution in [0.15, 0.2) is 29.2 Å². The molecule has 118 valence electrons. The lowest BCUT2D eigenvalue weighted by molar-refractivity contribution is 0.0929. The van der Waals surface area contributed by atoms with Gasteiger partial charge in [0.05, 0.1) is 24.8 Å². The SMILES string of the molecule is Cn1cc(C(=O)NCC(c2ccoc2)N2CCSCC2)nn1. The molecule has 7 nitrogen and oxygen atoms in total. The van der Waals surface area contributed by atoms with Crippen LogP contribution in [0.2, 0.25) is 0 Å². The van der Waals surface area contributed by atoms with Crippen LogP contribution in [0, 0.1) is 0 Å². The van der Waals surface area contributed by atoms with E-state index in [0.717, 1.165) is 30.2 Å². The molecule has 2 aromatic rings. The Hall–Kier alpha value is -1.80. The van der Waals surface area contributed by atoms with Gasteiger partial charge in [-0.05, 0) is 6.07 Å². The molecule has 1 aliphatic rings. The highest BCUT2D eigenvalue weighted by Crippen LogP contribution is 2.24. The Bertz CT molecular complexity index is 607. The number of nitrogens with zero attached hydrogens (tertiary/aromatic N) is 4. The number of hydrogen-bond acceptors (Lipinski definition) is 6. The molecule has 1 saturated heterocycles. The Balaban J connectivity index is 1.66. The summed E-state index contributed by atoms with van der Waals surface area (Å²) < 4.78 is 6.73. The van der Waals surface area contributed by atoms with Crippen molar-refractivity contribution in [1.82, 2.24) is 25.2 Å². The molecule has 2 aromatic heterocycles. The summed E-state index contributed by atoms with van der Waals surface area (Å²) in [5.74, 6) is 2.03. The Morgan fingerprint density at radius 1 is 1.50 bits per heavy atom. The summed E-state index contributed by atoms with van der Waals surface area (Å²) >= 11 is 1.96. The average molecular weight is 321 g/mol. The summed E-state index contributed by atoms with van der Waals surface area (Å²) in [6.07, 6.45) is 5.03. The van der Waals surface area contributed by atoms with Crippen molar-refractivity contribution in [2.45, 2.75) is 6.04 Å². The van der Waals surface area contributed by atoms with Crippen LogP contribution in [0.5, 0.6) is 0 Å². The standard InChI is InChI=1S/C14H19N5O2S/c1-18-9-12(16-17-18)14(20)15-8-13(11-2-5-21-10-11)19-3-6-22-7-4-19/h2,5,9-10,13H,3-4,6-8H2,1H3,(H,15,20). The lowest BCUT2D eigenvalue weighted by Crippen LogP contribution is -2.42. The van der Waals surface area contributed by atoms with Crippen LogP contribution >= 0.6 is 11.8 Å². The maximum atomic E-state index is 12.1. The average Bonchev–Trinajstić information content (AvgIpc) is 3.20. The maximum absolute atomic E-state index is 12.1. The third kappa shape index (κ3) is 3.50. The lowest BCUT2D eigenvalue weighted by atomic mass is 10.1. The fourth-order valence-electron chi connectivity index (χ4n) is 2.54. The van der Waals surface area contributed by atoms with Crippen LogP contribution < -0.4 is 5.32 Å². The van der Waals surface area contributed by atoms with E-state index < -0.39 is 0 Å². The van der Waals surface area contributed by atoms with Crippen LogP contribution in [0.3, 0.4) is 0 Å². The van der Waals surface area contributed by atoms with Crippen LogP contribution in [0.4, 0.5) is 0 Å². The zero-order valence-electron chi connectivity index (χ0n) is 12.4. The molecule has 0 spiro atoms. The smallest absolute Gasteiger partial charge is 0.273 e. The Morgan fingerprint density at radius 3 is 2.95 bits per heavy atom. The van der Waals surface area contributed by atoms with Crippen molar-refractivity contribution in [1.29, 1.82) is 0 Å². The minimum Gasteiger partial charge on any atom is -0.472 e. The van der Waals surface area contributed by atoms with Gasteiger partial charge in [0.25, 0.3) is 5.91 Å². The van der Waals surface area contributed by atoms with Crippen molar-refractivity contribution < 1.29 is 9.21 Å². The molecule has 8 heteroatoms. The van der Waals surface area contributed by atoms with Crippen molar-refractivity contribution in [2.75, 3.05) is 31.1 Å². The molecule has 1 amide bonds. The van der Waals surface area contributed by atoms with Crippen molar-refractivity contribution >= 4 is 17.7 Å². The van der Waals surface area contributed by atoms with Crippen LogP contribution in [-0.2, 0) is 7.05 Å². The van der Waals surface area contributed by atoms with E-state index in [2.05, 4.69) is 20.5 Å². The van der Waals surface area contributed by atoms with Gasteiger partial charge < -0.3 is 9.73 Å². The van der Waals surface area contributed by atoms with Crippen molar-refractivity contribution in [3.8, 4) is 0 Å². The maximum Gasteiger partial charge on any atom is 0.273 e. The number of furan rings is 1. The molecule has 1 N–H and O–H groups in total. The summed E-state index contributed by atoms with van der Waals surface area (Å²) in [4.78, 5) is 14.5. The number of carbonyl (C=O) groups excluding carboxylic acids is 1. The first-order chi connectivity index (χ1) is 10.7. The molecule has 22 heavy (non-hydrogen) atoms. The summed E-state index contributed by atoms with van der Waals surface area (Å²) in [5.41, 5.74) is 1.42. The first-order valence-electron chi connectivity index (χ1n) is 7.22. The molecule has 0 aromatic carbocycles. The second-order valence-corrected chi connectivity index (χ2v) is 6.43. The Kier molecular flexibility index (Phi) is 4.79. The monoisotopic (exact) mass is 321 g/mol. The quantitative estimate of drug-likeness (QED) is 0.883. The largest absolute Gasteiger partial charge is 0.472 e. The molecular formula is C14H19N5O2S. The van der Waals surface area contributed by atoms with E-state index in [4.69, 9.17) is 4.42 Å². The third-order valence-electron chi connectivity index (χ3n) is 3.71. The van der Waals surface area contributed by atoms with Crippen LogP contribution in [0.1, 0.15) is 22.1 Å². The number of hydrogen-bond donors (Lipinski definition) is 1. The first kappa shape index (κ1) is 15.1. The number of aryl methyl sites for hydroxylation is 1. The van der Waals surface area contributed by atoms with Gasteiger partial charge in [-0.15, -0.1) is 5.10 Å². The Labute approximate surface area is 133 Å². The van der Waals surface area contributed by atoms with E-state index in [1.54, 1.807) is 25.8 Å². The van der Waals surface area contributed by atoms with Gasteiger partial charge in [0.1, 0.15) is 0 Å². The molecule has 1 fully saturated rings. The third-order valence-corrected chi connectivity index (χ3v) is 4.65. The second kappa shape index (κ2) is 6.97. The number of rotatable bonds is 5. The van der Waals surface area contributed by atoms with Gasteiger partial charge in [0.15, 0.2) is 5.69 Å². The number of amides is 1. The van der Waals surface area contributed by atoms with Crippen LogP contribution in [0.25, 0.3) is 0 Å². The normalized spacial score (nSPS) is 17.3. The van der Waals surface area contributed by atoms with Crippen LogP contribution in [-0.4, -0.2) is 56.9 Å². The molecular weight excluding hydrogens is 302 g/mol. The molecule has 3 heterocycles. The van der Waals surface area contributed by atoms with E-state index in [1.807, 2.05) is 17.8 Å². The molecule has 0 aliphatic carbocycles. The highest BCUT2D eigenvalue weighted by Gasteiger charge is 2.24. The van der Waals surface area contributed by atoms with Gasteiger partial charge in [-0.25, -0.2) is 0 Å². The van der Waals surface area contributed by atoms with Crippen molar-refractivity contribution in [3.05, 3.63) is 36.0 Å². The van der Waals surface area contributed by atoms with E-state index in [1.165, 1.54) is 4.68 Å². The first-order valence-corrected chi connectivity index (χ1v) is 8.38. The fraction of sp³-hybridized carbons (Fsp3) is 0.500. The number of aromatic nitrogens is 3. The second-order valence-electron chi connectivity index (χ2n) is 5.21. The van der Waals surface area contributed by atoms with Gasteiger partial charge in [0, 0.05) is 43.8 Å². The number of thioether (sulfide) groups is 1. The highest BCUT2D eigenvalue weighted by molar-refractivity contribution is 7.99. The predicted molar refractivity (Wildman–Crippen MR) is 83.7 cm³/mol. The minimum absolute atomic E-state index is 0.125. The van der Waals surface area contributed by atoms with E-state index in [9.17, 15) is 4.79 Å². The highest BCUT2D eigenvalue weighted by atomic mass is 32.2. The van der Waals surface area contributed by atoms with E-state index in [0.29, 0.717) is 12.2 Å². The number of carbonyl (C=O) groups is 1. The van der Waals surface area contributed by atoms with Crippen molar-refractivity contribution in [2.24, 2.45) is 7.05 Å². The van der Waals surface area contributed by atoms with Gasteiger partial charge >= 0.3 is 0 Å². The molecule has 1 unspecified atom stereocenters. The van der Waals surface area contributed by atoms with Gasteiger partial charge in [-0.3, -0.25) is 14.4 Å². The fourth-order valence-corrected chi connectivity index (χ4v) is 3.47. The zero-order valence-corrected chi connectivity index (χ0v) is 13.3. The van der Waals surface area contributed by atoms with Crippen molar-refractivity contribution in [3.63, 3.8) is 0 Å². The van der Waals surface area contributed by atoms with Gasteiger partial charge in [-0.1, -0.05) is 5.21 Å². The van der Waals surface area contributed by atoms with E-state index >= 15 is 0 Å². The molecule has 1 aliphatic heterocycles. The minimum atomic E-state index is -0.201. The topological polar surface area (TPSA) is 76.2 Å². The molecule has 0 radical (unpaired) electrons. The van der Waals surface area contributed by atoms with E-state index in [-0.39, 0.29) is 11.9 Å². The summed E-state index contributed by atoms with van der Waals surface area (Å²) in [7, 11) is 1.74. The lowest BCUT2D eigenvalue weighted by Gasteiger charge is -2.33. The summed E-state index contributed by atoms with van der Waals surface area (Å²) in [6.45, 7) is 2.56. The zero-order chi connectivity index (χ0) is 15.4. The van der Waals surface area contributed by atoms with Gasteiger partial charge in [0.2, 0.25) is 0 Å². The summed E-state index contributed by atoms with van der Waals surface area (Å²) in [5, 5.41) is 10.6. The molecule has 3 rings (SSSR count). The molecule has 0 saturated carbocycles. The predicted octanol–water partition coefficient (Wildman–Crippen LogP) is 0.928. The number of nitrogens with one attached hydrogen (secondary N) is 1. The van der Waals surface area contributed by atoms with Gasteiger partial charge in [-0.2, -0.15) is 11.8 Å². The molecule has 0 bridgehead atoms.